The quantitative estimate of drug-likeness (QED) is 0.434. The lowest BCUT2D eigenvalue weighted by Crippen LogP contribution is -2.30. The SMILES string of the molecule is O=C(NCCCNC(=O)c1cccnc1Oc1ccc(Br)cc1)c1cccc(O)c1. The molecule has 0 saturated heterocycles. The number of aromatic nitrogens is 1. The lowest BCUT2D eigenvalue weighted by atomic mass is 10.2. The molecule has 8 heteroatoms. The molecule has 30 heavy (non-hydrogen) atoms. The van der Waals surface area contributed by atoms with Crippen molar-refractivity contribution < 1.29 is 19.4 Å². The molecule has 0 fully saturated rings. The van der Waals surface area contributed by atoms with Gasteiger partial charge in [0.15, 0.2) is 0 Å². The van der Waals surface area contributed by atoms with Crippen molar-refractivity contribution in [3.63, 3.8) is 0 Å². The number of carbonyl (C=O) groups is 2. The summed E-state index contributed by atoms with van der Waals surface area (Å²) in [6.07, 6.45) is 2.10. The van der Waals surface area contributed by atoms with Crippen LogP contribution >= 0.6 is 15.9 Å². The van der Waals surface area contributed by atoms with Gasteiger partial charge in [-0.3, -0.25) is 9.59 Å². The third-order valence-corrected chi connectivity index (χ3v) is 4.61. The fourth-order valence-electron chi connectivity index (χ4n) is 2.60. The average Bonchev–Trinajstić information content (AvgIpc) is 2.75. The molecular formula is C22H20BrN3O4. The monoisotopic (exact) mass is 469 g/mol. The second-order valence-corrected chi connectivity index (χ2v) is 7.24. The standard InChI is InChI=1S/C22H20BrN3O4/c23-16-7-9-18(10-8-16)30-22-19(6-2-11-26-22)21(29)25-13-3-12-24-20(28)15-4-1-5-17(27)14-15/h1-2,4-11,14,27H,3,12-13H2,(H,24,28)(H,25,29). The van der Waals surface area contributed by atoms with Crippen LogP contribution in [0.25, 0.3) is 0 Å². The molecule has 0 bridgehead atoms. The van der Waals surface area contributed by atoms with E-state index in [2.05, 4.69) is 31.5 Å². The number of ether oxygens (including phenoxy) is 1. The number of phenolic OH excluding ortho intramolecular Hbond substituents is 1. The Kier molecular flexibility index (Phi) is 7.40. The molecule has 1 heterocycles. The van der Waals surface area contributed by atoms with Crippen LogP contribution in [0.5, 0.6) is 17.4 Å². The predicted molar refractivity (Wildman–Crippen MR) is 116 cm³/mol. The van der Waals surface area contributed by atoms with Gasteiger partial charge in [0.1, 0.15) is 17.1 Å². The minimum Gasteiger partial charge on any atom is -0.508 e. The van der Waals surface area contributed by atoms with Gasteiger partial charge in [0, 0.05) is 29.3 Å². The number of halogens is 1. The van der Waals surface area contributed by atoms with E-state index in [0.29, 0.717) is 36.4 Å². The van der Waals surface area contributed by atoms with Crippen molar-refractivity contribution in [3.05, 3.63) is 82.5 Å². The molecule has 0 aliphatic heterocycles. The fourth-order valence-corrected chi connectivity index (χ4v) is 2.86. The zero-order valence-electron chi connectivity index (χ0n) is 16.0. The third-order valence-electron chi connectivity index (χ3n) is 4.08. The molecule has 0 aliphatic rings. The van der Waals surface area contributed by atoms with Crippen molar-refractivity contribution in [2.75, 3.05) is 13.1 Å². The number of pyridine rings is 1. The summed E-state index contributed by atoms with van der Waals surface area (Å²) in [5.41, 5.74) is 0.702. The van der Waals surface area contributed by atoms with Crippen molar-refractivity contribution in [3.8, 4) is 17.4 Å². The van der Waals surface area contributed by atoms with Gasteiger partial charge in [-0.15, -0.1) is 0 Å². The fraction of sp³-hybridized carbons (Fsp3) is 0.136. The Balaban J connectivity index is 1.48. The summed E-state index contributed by atoms with van der Waals surface area (Å²) in [5.74, 6) is 0.229. The normalized spacial score (nSPS) is 10.3. The molecule has 154 valence electrons. The maximum absolute atomic E-state index is 12.5. The summed E-state index contributed by atoms with van der Waals surface area (Å²) >= 11 is 3.36. The number of nitrogens with zero attached hydrogens (tertiary/aromatic N) is 1. The van der Waals surface area contributed by atoms with Gasteiger partial charge in [-0.2, -0.15) is 0 Å². The molecule has 2 aromatic carbocycles. The van der Waals surface area contributed by atoms with E-state index in [1.165, 1.54) is 12.1 Å². The van der Waals surface area contributed by atoms with Crippen LogP contribution in [-0.4, -0.2) is 35.0 Å². The first-order chi connectivity index (χ1) is 14.5. The van der Waals surface area contributed by atoms with Crippen molar-refractivity contribution >= 4 is 27.7 Å². The molecular weight excluding hydrogens is 450 g/mol. The van der Waals surface area contributed by atoms with Crippen LogP contribution in [0.1, 0.15) is 27.1 Å². The van der Waals surface area contributed by atoms with E-state index in [1.54, 1.807) is 42.6 Å². The highest BCUT2D eigenvalue weighted by Gasteiger charge is 2.14. The maximum Gasteiger partial charge on any atom is 0.256 e. The zero-order valence-corrected chi connectivity index (χ0v) is 17.6. The lowest BCUT2D eigenvalue weighted by Gasteiger charge is -2.11. The van der Waals surface area contributed by atoms with E-state index < -0.39 is 0 Å². The minimum atomic E-state index is -0.311. The molecule has 0 unspecified atom stereocenters. The van der Waals surface area contributed by atoms with Crippen LogP contribution in [0.3, 0.4) is 0 Å². The summed E-state index contributed by atoms with van der Waals surface area (Å²) in [6, 6.07) is 16.6. The number of amides is 2. The van der Waals surface area contributed by atoms with Gasteiger partial charge in [0.2, 0.25) is 5.88 Å². The van der Waals surface area contributed by atoms with Crippen LogP contribution in [0.2, 0.25) is 0 Å². The first-order valence-electron chi connectivity index (χ1n) is 9.27. The number of aromatic hydroxyl groups is 1. The van der Waals surface area contributed by atoms with Crippen molar-refractivity contribution in [2.45, 2.75) is 6.42 Å². The first kappa shape index (κ1) is 21.3. The smallest absolute Gasteiger partial charge is 0.256 e. The highest BCUT2D eigenvalue weighted by atomic mass is 79.9. The van der Waals surface area contributed by atoms with Gasteiger partial charge in [0.25, 0.3) is 11.8 Å². The van der Waals surface area contributed by atoms with Gasteiger partial charge in [-0.25, -0.2) is 4.98 Å². The molecule has 0 aliphatic carbocycles. The molecule has 0 saturated carbocycles. The van der Waals surface area contributed by atoms with Crippen LogP contribution in [0.4, 0.5) is 0 Å². The summed E-state index contributed by atoms with van der Waals surface area (Å²) in [6.45, 7) is 0.746. The number of hydrogen-bond acceptors (Lipinski definition) is 5. The molecule has 3 N–H and O–H groups in total. The van der Waals surface area contributed by atoms with Crippen molar-refractivity contribution in [1.82, 2.24) is 15.6 Å². The van der Waals surface area contributed by atoms with Gasteiger partial charge >= 0.3 is 0 Å². The Labute approximate surface area is 182 Å². The first-order valence-corrected chi connectivity index (χ1v) is 10.1. The maximum atomic E-state index is 12.5. The number of phenols is 1. The van der Waals surface area contributed by atoms with E-state index in [1.807, 2.05) is 12.1 Å². The molecule has 3 rings (SSSR count). The Hall–Kier alpha value is -3.39. The topological polar surface area (TPSA) is 101 Å². The number of benzene rings is 2. The molecule has 1 aromatic heterocycles. The van der Waals surface area contributed by atoms with Crippen molar-refractivity contribution in [2.24, 2.45) is 0 Å². The number of carbonyl (C=O) groups excluding carboxylic acids is 2. The van der Waals surface area contributed by atoms with Crippen LogP contribution < -0.4 is 15.4 Å². The summed E-state index contributed by atoms with van der Waals surface area (Å²) in [4.78, 5) is 28.7. The number of hydrogen-bond donors (Lipinski definition) is 3. The second-order valence-electron chi connectivity index (χ2n) is 6.33. The molecule has 2 amide bonds. The number of nitrogens with one attached hydrogen (secondary N) is 2. The zero-order chi connectivity index (χ0) is 21.3. The molecule has 3 aromatic rings. The Bertz CT molecular complexity index is 1020. The minimum absolute atomic E-state index is 0.0348. The van der Waals surface area contributed by atoms with E-state index in [-0.39, 0.29) is 23.4 Å². The van der Waals surface area contributed by atoms with Gasteiger partial charge in [0.05, 0.1) is 0 Å². The van der Waals surface area contributed by atoms with E-state index in [0.717, 1.165) is 4.47 Å². The summed E-state index contributed by atoms with van der Waals surface area (Å²) in [5, 5.41) is 15.0. The third kappa shape index (κ3) is 6.05. The summed E-state index contributed by atoms with van der Waals surface area (Å²) < 4.78 is 6.65. The van der Waals surface area contributed by atoms with Gasteiger partial charge in [-0.05, 0) is 61.0 Å². The molecule has 0 atom stereocenters. The van der Waals surface area contributed by atoms with Crippen LogP contribution in [-0.2, 0) is 0 Å². The van der Waals surface area contributed by atoms with E-state index >= 15 is 0 Å². The molecule has 0 spiro atoms. The Morgan fingerprint density at radius 1 is 0.967 bits per heavy atom. The predicted octanol–water partition coefficient (Wildman–Crippen LogP) is 3.89. The highest BCUT2D eigenvalue weighted by Crippen LogP contribution is 2.24. The lowest BCUT2D eigenvalue weighted by molar-refractivity contribution is 0.0949. The Morgan fingerprint density at radius 2 is 1.70 bits per heavy atom. The van der Waals surface area contributed by atoms with E-state index in [9.17, 15) is 14.7 Å². The van der Waals surface area contributed by atoms with E-state index in [4.69, 9.17) is 4.74 Å². The van der Waals surface area contributed by atoms with Crippen LogP contribution in [0.15, 0.2) is 71.3 Å². The number of rotatable bonds is 8. The van der Waals surface area contributed by atoms with Gasteiger partial charge < -0.3 is 20.5 Å². The largest absolute Gasteiger partial charge is 0.508 e. The summed E-state index contributed by atoms with van der Waals surface area (Å²) in [7, 11) is 0. The average molecular weight is 470 g/mol. The highest BCUT2D eigenvalue weighted by molar-refractivity contribution is 9.10. The van der Waals surface area contributed by atoms with Crippen LogP contribution in [0, 0.1) is 0 Å². The Morgan fingerprint density at radius 3 is 2.43 bits per heavy atom. The van der Waals surface area contributed by atoms with Crippen molar-refractivity contribution in [1.29, 1.82) is 0 Å². The molecule has 0 radical (unpaired) electrons. The van der Waals surface area contributed by atoms with Gasteiger partial charge in [-0.1, -0.05) is 22.0 Å². The molecule has 7 nitrogen and oxygen atoms in total. The second kappa shape index (κ2) is 10.4.